The number of halogens is 1. The van der Waals surface area contributed by atoms with Crippen LogP contribution in [-0.4, -0.2) is 14.8 Å². The highest BCUT2D eigenvalue weighted by atomic mass is 19.1. The van der Waals surface area contributed by atoms with Crippen molar-refractivity contribution in [1.82, 2.24) is 14.8 Å². The van der Waals surface area contributed by atoms with Gasteiger partial charge in [0.2, 0.25) is 5.43 Å². The molecule has 86 valence electrons. The first kappa shape index (κ1) is 10.0. The Morgan fingerprint density at radius 2 is 2.12 bits per heavy atom. The highest BCUT2D eigenvalue weighted by molar-refractivity contribution is 5.90. The Balaban J connectivity index is 2.62. The van der Waals surface area contributed by atoms with Crippen LogP contribution in [0.4, 0.5) is 4.39 Å². The van der Waals surface area contributed by atoms with Gasteiger partial charge in [-0.1, -0.05) is 0 Å². The van der Waals surface area contributed by atoms with Crippen molar-refractivity contribution >= 4 is 21.9 Å². The van der Waals surface area contributed by atoms with Gasteiger partial charge in [-0.25, -0.2) is 4.39 Å². The zero-order valence-corrected chi connectivity index (χ0v) is 9.41. The molecule has 1 N–H and O–H groups in total. The predicted molar refractivity (Wildman–Crippen MR) is 63.5 cm³/mol. The third-order valence-corrected chi connectivity index (χ3v) is 2.97. The molecule has 0 radical (unpaired) electrons. The Morgan fingerprint density at radius 1 is 1.35 bits per heavy atom. The van der Waals surface area contributed by atoms with E-state index < -0.39 is 0 Å². The maximum atomic E-state index is 13.5. The van der Waals surface area contributed by atoms with Gasteiger partial charge in [0, 0.05) is 7.05 Å². The lowest BCUT2D eigenvalue weighted by atomic mass is 10.1. The number of fused-ring (bicyclic) bond motifs is 2. The Bertz CT molecular complexity index is 801. The minimum atomic E-state index is -0.371. The number of aromatic nitrogens is 3. The molecule has 0 spiro atoms. The summed E-state index contributed by atoms with van der Waals surface area (Å²) in [6, 6.07) is 2.91. The predicted octanol–water partition coefficient (Wildman–Crippen LogP) is 1.86. The van der Waals surface area contributed by atoms with Crippen LogP contribution < -0.4 is 5.43 Å². The lowest BCUT2D eigenvalue weighted by Crippen LogP contribution is -2.08. The van der Waals surface area contributed by atoms with Crippen LogP contribution in [0.15, 0.2) is 23.1 Å². The molecule has 0 bridgehead atoms. The maximum absolute atomic E-state index is 13.5. The number of hydrogen-bond acceptors (Lipinski definition) is 2. The Hall–Kier alpha value is -2.17. The molecule has 17 heavy (non-hydrogen) atoms. The summed E-state index contributed by atoms with van der Waals surface area (Å²) in [6.07, 6.45) is 1.59. The largest absolute Gasteiger partial charge is 0.352 e. The number of H-pyrrole nitrogens is 1. The molecule has 2 aromatic heterocycles. The molecule has 0 aliphatic carbocycles. The smallest absolute Gasteiger partial charge is 0.215 e. The van der Waals surface area contributed by atoms with Crippen LogP contribution in [0.25, 0.3) is 21.9 Å². The van der Waals surface area contributed by atoms with Gasteiger partial charge in [0.15, 0.2) is 0 Å². The third kappa shape index (κ3) is 1.28. The van der Waals surface area contributed by atoms with Crippen molar-refractivity contribution in [3.8, 4) is 0 Å². The first-order valence-electron chi connectivity index (χ1n) is 5.22. The fourth-order valence-electron chi connectivity index (χ4n) is 2.04. The standard InChI is InChI=1S/C12H10FN3O/c1-6-3-9-7(4-8(6)13)12(17)11-10(15-9)5-14-16(11)2/h3-5H,1-2H3,(H,15,17). The number of aromatic amines is 1. The average molecular weight is 231 g/mol. The van der Waals surface area contributed by atoms with Crippen LogP contribution in [0.1, 0.15) is 5.56 Å². The SMILES string of the molecule is Cc1cc2[nH]c3cnn(C)c3c(=O)c2cc1F. The molecule has 2 heterocycles. The number of rotatable bonds is 0. The summed E-state index contributed by atoms with van der Waals surface area (Å²) in [5.74, 6) is -0.371. The second kappa shape index (κ2) is 3.16. The normalized spacial score (nSPS) is 11.5. The summed E-state index contributed by atoms with van der Waals surface area (Å²) in [6.45, 7) is 1.67. The van der Waals surface area contributed by atoms with E-state index in [2.05, 4.69) is 10.1 Å². The minimum absolute atomic E-state index is 0.201. The van der Waals surface area contributed by atoms with Gasteiger partial charge in [-0.2, -0.15) is 5.10 Å². The summed E-state index contributed by atoms with van der Waals surface area (Å²) in [5.41, 5.74) is 2.07. The molecule has 0 fully saturated rings. The summed E-state index contributed by atoms with van der Waals surface area (Å²) >= 11 is 0. The summed E-state index contributed by atoms with van der Waals surface area (Å²) < 4.78 is 15.0. The van der Waals surface area contributed by atoms with Crippen molar-refractivity contribution in [3.05, 3.63) is 39.9 Å². The Kier molecular flexibility index (Phi) is 1.86. The van der Waals surface area contributed by atoms with E-state index >= 15 is 0 Å². The van der Waals surface area contributed by atoms with Gasteiger partial charge >= 0.3 is 0 Å². The number of benzene rings is 1. The molecule has 3 aromatic rings. The van der Waals surface area contributed by atoms with E-state index in [-0.39, 0.29) is 11.2 Å². The van der Waals surface area contributed by atoms with Crippen LogP contribution >= 0.6 is 0 Å². The van der Waals surface area contributed by atoms with Crippen LogP contribution in [0, 0.1) is 12.7 Å². The van der Waals surface area contributed by atoms with Gasteiger partial charge in [-0.05, 0) is 24.6 Å². The van der Waals surface area contributed by atoms with E-state index in [4.69, 9.17) is 0 Å². The number of aryl methyl sites for hydroxylation is 2. The van der Waals surface area contributed by atoms with E-state index in [1.165, 1.54) is 10.7 Å². The summed E-state index contributed by atoms with van der Waals surface area (Å²) in [4.78, 5) is 15.3. The molecule has 0 atom stereocenters. The van der Waals surface area contributed by atoms with Crippen molar-refractivity contribution in [2.45, 2.75) is 6.92 Å². The van der Waals surface area contributed by atoms with Gasteiger partial charge < -0.3 is 4.98 Å². The Morgan fingerprint density at radius 3 is 2.88 bits per heavy atom. The monoisotopic (exact) mass is 231 g/mol. The average Bonchev–Trinajstić information content (AvgIpc) is 2.64. The summed E-state index contributed by atoms with van der Waals surface area (Å²) in [5, 5.41) is 4.37. The zero-order chi connectivity index (χ0) is 12.2. The molecule has 4 nitrogen and oxygen atoms in total. The van der Waals surface area contributed by atoms with Gasteiger partial charge in [0.05, 0.1) is 22.6 Å². The van der Waals surface area contributed by atoms with Crippen molar-refractivity contribution in [2.75, 3.05) is 0 Å². The fraction of sp³-hybridized carbons (Fsp3) is 0.167. The molecule has 0 aliphatic heterocycles. The van der Waals surface area contributed by atoms with E-state index in [0.29, 0.717) is 27.5 Å². The number of nitrogens with one attached hydrogen (secondary N) is 1. The molecule has 0 aliphatic rings. The van der Waals surface area contributed by atoms with Crippen molar-refractivity contribution in [3.63, 3.8) is 0 Å². The summed E-state index contributed by atoms with van der Waals surface area (Å²) in [7, 11) is 1.69. The van der Waals surface area contributed by atoms with E-state index in [9.17, 15) is 9.18 Å². The second-order valence-corrected chi connectivity index (χ2v) is 4.13. The molecule has 1 aromatic carbocycles. The van der Waals surface area contributed by atoms with Crippen LogP contribution in [0.2, 0.25) is 0 Å². The van der Waals surface area contributed by atoms with Gasteiger partial charge in [0.1, 0.15) is 11.3 Å². The highest BCUT2D eigenvalue weighted by Crippen LogP contribution is 2.17. The van der Waals surface area contributed by atoms with Gasteiger partial charge in [-0.3, -0.25) is 9.48 Å². The van der Waals surface area contributed by atoms with Crippen molar-refractivity contribution in [2.24, 2.45) is 7.05 Å². The zero-order valence-electron chi connectivity index (χ0n) is 9.41. The van der Waals surface area contributed by atoms with Crippen LogP contribution in [0.3, 0.4) is 0 Å². The van der Waals surface area contributed by atoms with Gasteiger partial charge in [0.25, 0.3) is 0 Å². The molecule has 3 rings (SSSR count). The number of nitrogens with zero attached hydrogens (tertiary/aromatic N) is 2. The van der Waals surface area contributed by atoms with Gasteiger partial charge in [-0.15, -0.1) is 0 Å². The Labute approximate surface area is 95.7 Å². The van der Waals surface area contributed by atoms with E-state index in [0.717, 1.165) is 0 Å². The number of hydrogen-bond donors (Lipinski definition) is 1. The maximum Gasteiger partial charge on any atom is 0.215 e. The van der Waals surface area contributed by atoms with Crippen molar-refractivity contribution in [1.29, 1.82) is 0 Å². The highest BCUT2D eigenvalue weighted by Gasteiger charge is 2.11. The van der Waals surface area contributed by atoms with E-state index in [1.54, 1.807) is 26.2 Å². The molecular weight excluding hydrogens is 221 g/mol. The quantitative estimate of drug-likeness (QED) is 0.642. The fourth-order valence-corrected chi connectivity index (χ4v) is 2.04. The molecule has 0 unspecified atom stereocenters. The molecular formula is C12H10FN3O. The van der Waals surface area contributed by atoms with E-state index in [1.807, 2.05) is 0 Å². The minimum Gasteiger partial charge on any atom is -0.352 e. The topological polar surface area (TPSA) is 50.7 Å². The first-order valence-corrected chi connectivity index (χ1v) is 5.22. The second-order valence-electron chi connectivity index (χ2n) is 4.13. The molecule has 0 amide bonds. The van der Waals surface area contributed by atoms with Crippen molar-refractivity contribution < 1.29 is 4.39 Å². The third-order valence-electron chi connectivity index (χ3n) is 2.97. The van der Waals surface area contributed by atoms with Crippen LogP contribution in [-0.2, 0) is 7.05 Å². The molecule has 5 heteroatoms. The lowest BCUT2D eigenvalue weighted by Gasteiger charge is -2.02. The molecule has 0 saturated carbocycles. The molecule has 0 saturated heterocycles. The number of pyridine rings is 1. The lowest BCUT2D eigenvalue weighted by molar-refractivity contribution is 0.620. The first-order chi connectivity index (χ1) is 8.08. The van der Waals surface area contributed by atoms with Crippen LogP contribution in [0.5, 0.6) is 0 Å².